The fraction of sp³-hybridized carbons (Fsp3) is 0.333. The van der Waals surface area contributed by atoms with Crippen molar-refractivity contribution in [3.8, 4) is 0 Å². The summed E-state index contributed by atoms with van der Waals surface area (Å²) < 4.78 is 4.75. The first-order valence-corrected chi connectivity index (χ1v) is 6.68. The summed E-state index contributed by atoms with van der Waals surface area (Å²) in [7, 11) is 0. The van der Waals surface area contributed by atoms with E-state index in [1.807, 2.05) is 0 Å². The lowest BCUT2D eigenvalue weighted by molar-refractivity contribution is -0.385. The Morgan fingerprint density at radius 1 is 1.37 bits per heavy atom. The molecule has 0 heterocycles. The number of alkyl halides is 1. The number of nitro groups is 1. The fourth-order valence-electron chi connectivity index (χ4n) is 1.56. The summed E-state index contributed by atoms with van der Waals surface area (Å²) in [5.41, 5.74) is -0.769. The topological polar surface area (TPSA) is 86.5 Å². The summed E-state index contributed by atoms with van der Waals surface area (Å²) in [5.74, 6) is -1.20. The van der Waals surface area contributed by atoms with Crippen LogP contribution >= 0.6 is 15.9 Å². The Labute approximate surface area is 118 Å². The molecule has 0 aliphatic heterocycles. The molecule has 6 nitrogen and oxygen atoms in total. The van der Waals surface area contributed by atoms with Crippen molar-refractivity contribution in [1.29, 1.82) is 0 Å². The predicted molar refractivity (Wildman–Crippen MR) is 71.8 cm³/mol. The number of nitrogens with zero attached hydrogens (tertiary/aromatic N) is 1. The zero-order valence-corrected chi connectivity index (χ0v) is 11.8. The van der Waals surface area contributed by atoms with Crippen LogP contribution < -0.4 is 0 Å². The summed E-state index contributed by atoms with van der Waals surface area (Å²) >= 11 is 3.10. The average Bonchev–Trinajstić information content (AvgIpc) is 2.38. The first-order chi connectivity index (χ1) is 9.02. The highest BCUT2D eigenvalue weighted by atomic mass is 79.9. The number of hydrogen-bond acceptors (Lipinski definition) is 5. The van der Waals surface area contributed by atoms with E-state index in [-0.39, 0.29) is 24.2 Å². The molecule has 1 aromatic rings. The van der Waals surface area contributed by atoms with Gasteiger partial charge in [0.2, 0.25) is 0 Å². The molecule has 0 radical (unpaired) electrons. The number of rotatable bonds is 6. The third kappa shape index (κ3) is 3.60. The zero-order chi connectivity index (χ0) is 14.4. The van der Waals surface area contributed by atoms with Gasteiger partial charge in [-0.3, -0.25) is 14.9 Å². The second kappa shape index (κ2) is 6.98. The van der Waals surface area contributed by atoms with E-state index in [1.54, 1.807) is 6.92 Å². The summed E-state index contributed by atoms with van der Waals surface area (Å²) in [6.07, 6.45) is 0.118. The van der Waals surface area contributed by atoms with Crippen LogP contribution in [0.1, 0.15) is 34.1 Å². The van der Waals surface area contributed by atoms with E-state index >= 15 is 0 Å². The van der Waals surface area contributed by atoms with Crippen molar-refractivity contribution in [2.45, 2.75) is 13.3 Å². The van der Waals surface area contributed by atoms with Gasteiger partial charge in [-0.05, 0) is 19.1 Å². The Bertz CT molecular complexity index is 479. The van der Waals surface area contributed by atoms with Gasteiger partial charge in [-0.15, -0.1) is 0 Å². The molecule has 0 unspecified atom stereocenters. The van der Waals surface area contributed by atoms with E-state index in [0.717, 1.165) is 0 Å². The quantitative estimate of drug-likeness (QED) is 0.263. The second-order valence-corrected chi connectivity index (χ2v) is 4.33. The summed E-state index contributed by atoms with van der Waals surface area (Å²) in [5, 5.41) is 11.5. The minimum absolute atomic E-state index is 0.0741. The van der Waals surface area contributed by atoms with Crippen LogP contribution in [0.15, 0.2) is 18.2 Å². The lowest BCUT2D eigenvalue weighted by Gasteiger charge is -2.06. The molecule has 0 aliphatic rings. The van der Waals surface area contributed by atoms with E-state index < -0.39 is 22.4 Å². The molecule has 0 atom stereocenters. The Kier molecular flexibility index (Phi) is 5.62. The minimum Gasteiger partial charge on any atom is -0.462 e. The standard InChI is InChI=1S/C12H12BrNO5/c1-2-19-12(16)9-5-3-4-8(10(15)6-7-13)11(9)14(17)18/h3-5H,2,6-7H2,1H3. The van der Waals surface area contributed by atoms with Gasteiger partial charge in [0.25, 0.3) is 5.69 Å². The Balaban J connectivity index is 3.33. The van der Waals surface area contributed by atoms with Crippen molar-refractivity contribution in [2.24, 2.45) is 0 Å². The Morgan fingerprint density at radius 3 is 2.53 bits per heavy atom. The van der Waals surface area contributed by atoms with Crippen LogP contribution in [0.5, 0.6) is 0 Å². The molecule has 0 aliphatic carbocycles. The van der Waals surface area contributed by atoms with Gasteiger partial charge in [-0.1, -0.05) is 22.0 Å². The highest BCUT2D eigenvalue weighted by Gasteiger charge is 2.28. The molecule has 7 heteroatoms. The number of carbonyl (C=O) groups excluding carboxylic acids is 2. The number of ether oxygens (including phenoxy) is 1. The molecule has 0 fully saturated rings. The maximum Gasteiger partial charge on any atom is 0.345 e. The molecular weight excluding hydrogens is 318 g/mol. The van der Waals surface area contributed by atoms with E-state index in [2.05, 4.69) is 15.9 Å². The Hall–Kier alpha value is -1.76. The molecule has 0 saturated heterocycles. The van der Waals surface area contributed by atoms with Crippen molar-refractivity contribution in [3.63, 3.8) is 0 Å². The summed E-state index contributed by atoms with van der Waals surface area (Å²) in [4.78, 5) is 33.8. The number of para-hydroxylation sites is 1. The largest absolute Gasteiger partial charge is 0.462 e. The molecule has 0 aromatic heterocycles. The minimum atomic E-state index is -0.803. The average molecular weight is 330 g/mol. The number of carbonyl (C=O) groups is 2. The van der Waals surface area contributed by atoms with Crippen LogP contribution in [0.2, 0.25) is 0 Å². The number of hydrogen-bond donors (Lipinski definition) is 0. The van der Waals surface area contributed by atoms with E-state index in [1.165, 1.54) is 18.2 Å². The highest BCUT2D eigenvalue weighted by molar-refractivity contribution is 9.09. The number of Topliss-reactive ketones (excluding diaryl/α,β-unsaturated/α-hetero) is 1. The van der Waals surface area contributed by atoms with Gasteiger partial charge < -0.3 is 4.74 Å². The molecule has 0 saturated carbocycles. The number of nitro benzene ring substituents is 1. The maximum atomic E-state index is 11.8. The number of benzene rings is 1. The van der Waals surface area contributed by atoms with Crippen LogP contribution in [-0.4, -0.2) is 28.6 Å². The third-order valence-corrected chi connectivity index (χ3v) is 2.73. The molecule has 102 valence electrons. The van der Waals surface area contributed by atoms with Crippen molar-refractivity contribution in [1.82, 2.24) is 0 Å². The Morgan fingerprint density at radius 2 is 2.00 bits per heavy atom. The van der Waals surface area contributed by atoms with Crippen LogP contribution in [0, 0.1) is 10.1 Å². The lowest BCUT2D eigenvalue weighted by atomic mass is 10.0. The van der Waals surface area contributed by atoms with Crippen molar-refractivity contribution >= 4 is 33.4 Å². The summed E-state index contributed by atoms with van der Waals surface area (Å²) in [6, 6.07) is 4.05. The van der Waals surface area contributed by atoms with E-state index in [4.69, 9.17) is 4.74 Å². The third-order valence-electron chi connectivity index (χ3n) is 2.34. The van der Waals surface area contributed by atoms with Gasteiger partial charge in [0, 0.05) is 11.8 Å². The zero-order valence-electron chi connectivity index (χ0n) is 10.2. The molecule has 0 bridgehead atoms. The lowest BCUT2D eigenvalue weighted by Crippen LogP contribution is -2.12. The normalized spacial score (nSPS) is 10.0. The van der Waals surface area contributed by atoms with Crippen molar-refractivity contribution in [3.05, 3.63) is 39.4 Å². The number of ketones is 1. The highest BCUT2D eigenvalue weighted by Crippen LogP contribution is 2.26. The maximum absolute atomic E-state index is 11.8. The first kappa shape index (κ1) is 15.3. The molecule has 0 spiro atoms. The van der Waals surface area contributed by atoms with Gasteiger partial charge in [0.1, 0.15) is 5.56 Å². The van der Waals surface area contributed by atoms with Crippen LogP contribution in [0.25, 0.3) is 0 Å². The first-order valence-electron chi connectivity index (χ1n) is 5.56. The van der Waals surface area contributed by atoms with E-state index in [0.29, 0.717) is 5.33 Å². The molecule has 0 N–H and O–H groups in total. The molecule has 19 heavy (non-hydrogen) atoms. The smallest absolute Gasteiger partial charge is 0.345 e. The number of esters is 1. The van der Waals surface area contributed by atoms with Gasteiger partial charge >= 0.3 is 5.97 Å². The van der Waals surface area contributed by atoms with Crippen LogP contribution in [0.3, 0.4) is 0 Å². The van der Waals surface area contributed by atoms with Crippen LogP contribution in [0.4, 0.5) is 5.69 Å². The fourth-order valence-corrected chi connectivity index (χ4v) is 1.92. The number of halogens is 1. The molecule has 0 amide bonds. The van der Waals surface area contributed by atoms with Crippen molar-refractivity contribution in [2.75, 3.05) is 11.9 Å². The second-order valence-electron chi connectivity index (χ2n) is 3.54. The van der Waals surface area contributed by atoms with E-state index in [9.17, 15) is 19.7 Å². The molecule has 1 aromatic carbocycles. The summed E-state index contributed by atoms with van der Waals surface area (Å²) in [6.45, 7) is 1.71. The van der Waals surface area contributed by atoms with Crippen molar-refractivity contribution < 1.29 is 19.2 Å². The predicted octanol–water partition coefficient (Wildman–Crippen LogP) is 2.74. The SMILES string of the molecule is CCOC(=O)c1cccc(C(=O)CCBr)c1[N+](=O)[O-]. The van der Waals surface area contributed by atoms with Gasteiger partial charge in [0.05, 0.1) is 17.1 Å². The van der Waals surface area contributed by atoms with Gasteiger partial charge in [-0.25, -0.2) is 4.79 Å². The monoisotopic (exact) mass is 329 g/mol. The van der Waals surface area contributed by atoms with Crippen LogP contribution in [-0.2, 0) is 4.74 Å². The van der Waals surface area contributed by atoms with Gasteiger partial charge in [0.15, 0.2) is 5.78 Å². The molecule has 1 rings (SSSR count). The molecular formula is C12H12BrNO5. The van der Waals surface area contributed by atoms with Gasteiger partial charge in [-0.2, -0.15) is 0 Å².